The third-order valence-electron chi connectivity index (χ3n) is 2.68. The molecule has 0 aliphatic heterocycles. The average molecular weight is 222 g/mol. The molecule has 1 amide bonds. The van der Waals surface area contributed by atoms with Gasteiger partial charge in [0.1, 0.15) is 0 Å². The van der Waals surface area contributed by atoms with E-state index in [1.807, 2.05) is 26.2 Å². The Hall–Kier alpha value is -1.36. The van der Waals surface area contributed by atoms with E-state index in [0.717, 1.165) is 18.5 Å². The maximum Gasteiger partial charge on any atom is 0.237 e. The molecule has 2 rings (SSSR count). The van der Waals surface area contributed by atoms with Crippen molar-refractivity contribution in [3.8, 4) is 0 Å². The SMILES string of the molecule is CC(NCc1ccn(C)n1)C(=O)NC1CC1. The Labute approximate surface area is 95.2 Å². The van der Waals surface area contributed by atoms with Crippen LogP contribution < -0.4 is 10.6 Å². The summed E-state index contributed by atoms with van der Waals surface area (Å²) in [6, 6.07) is 2.20. The molecule has 1 aliphatic rings. The van der Waals surface area contributed by atoms with E-state index in [0.29, 0.717) is 12.6 Å². The quantitative estimate of drug-likeness (QED) is 0.747. The minimum Gasteiger partial charge on any atom is -0.352 e. The van der Waals surface area contributed by atoms with Crippen molar-refractivity contribution in [3.63, 3.8) is 0 Å². The van der Waals surface area contributed by atoms with Gasteiger partial charge in [-0.1, -0.05) is 0 Å². The molecule has 5 heteroatoms. The number of nitrogens with zero attached hydrogens (tertiary/aromatic N) is 2. The summed E-state index contributed by atoms with van der Waals surface area (Å²) in [5.74, 6) is 0.0819. The van der Waals surface area contributed by atoms with Gasteiger partial charge in [-0.15, -0.1) is 0 Å². The highest BCUT2D eigenvalue weighted by Crippen LogP contribution is 2.18. The summed E-state index contributed by atoms with van der Waals surface area (Å²) in [6.07, 6.45) is 4.14. The lowest BCUT2D eigenvalue weighted by Gasteiger charge is -2.12. The molecule has 5 nitrogen and oxygen atoms in total. The van der Waals surface area contributed by atoms with Gasteiger partial charge < -0.3 is 10.6 Å². The maximum absolute atomic E-state index is 11.6. The molecule has 1 aromatic rings. The predicted molar refractivity (Wildman–Crippen MR) is 60.7 cm³/mol. The lowest BCUT2D eigenvalue weighted by molar-refractivity contribution is -0.122. The first kappa shape index (κ1) is 11.1. The van der Waals surface area contributed by atoms with E-state index in [2.05, 4.69) is 15.7 Å². The van der Waals surface area contributed by atoms with E-state index in [-0.39, 0.29) is 11.9 Å². The zero-order chi connectivity index (χ0) is 11.5. The third-order valence-corrected chi connectivity index (χ3v) is 2.68. The molecular weight excluding hydrogens is 204 g/mol. The van der Waals surface area contributed by atoms with E-state index in [9.17, 15) is 4.79 Å². The first-order valence-corrected chi connectivity index (χ1v) is 5.67. The summed E-state index contributed by atoms with van der Waals surface area (Å²) in [7, 11) is 1.88. The lowest BCUT2D eigenvalue weighted by atomic mass is 10.3. The van der Waals surface area contributed by atoms with Crippen LogP contribution in [0.5, 0.6) is 0 Å². The summed E-state index contributed by atoms with van der Waals surface area (Å²) in [5.41, 5.74) is 0.952. The van der Waals surface area contributed by atoms with Crippen molar-refractivity contribution >= 4 is 5.91 Å². The van der Waals surface area contributed by atoms with Crippen LogP contribution in [0.25, 0.3) is 0 Å². The molecule has 1 aromatic heterocycles. The minimum atomic E-state index is -0.164. The molecule has 1 fully saturated rings. The fourth-order valence-corrected chi connectivity index (χ4v) is 1.46. The topological polar surface area (TPSA) is 59.0 Å². The van der Waals surface area contributed by atoms with Gasteiger partial charge in [0.2, 0.25) is 5.91 Å². The molecule has 0 spiro atoms. The van der Waals surface area contributed by atoms with Gasteiger partial charge in [0.25, 0.3) is 0 Å². The fourth-order valence-electron chi connectivity index (χ4n) is 1.46. The van der Waals surface area contributed by atoms with Crippen molar-refractivity contribution in [2.45, 2.75) is 38.4 Å². The van der Waals surface area contributed by atoms with Gasteiger partial charge in [0.05, 0.1) is 11.7 Å². The van der Waals surface area contributed by atoms with Crippen LogP contribution in [-0.2, 0) is 18.4 Å². The Morgan fingerprint density at radius 3 is 3.00 bits per heavy atom. The molecule has 0 saturated heterocycles. The Morgan fingerprint density at radius 2 is 2.44 bits per heavy atom. The maximum atomic E-state index is 11.6. The molecule has 1 unspecified atom stereocenters. The van der Waals surface area contributed by atoms with Crippen LogP contribution in [0.1, 0.15) is 25.5 Å². The van der Waals surface area contributed by atoms with Crippen LogP contribution in [0.3, 0.4) is 0 Å². The van der Waals surface area contributed by atoms with Gasteiger partial charge in [-0.3, -0.25) is 9.48 Å². The fraction of sp³-hybridized carbons (Fsp3) is 0.636. The molecule has 88 valence electrons. The van der Waals surface area contributed by atoms with Gasteiger partial charge in [0, 0.05) is 25.8 Å². The molecule has 0 radical (unpaired) electrons. The number of aryl methyl sites for hydroxylation is 1. The van der Waals surface area contributed by atoms with Gasteiger partial charge in [-0.05, 0) is 25.8 Å². The van der Waals surface area contributed by atoms with E-state index in [1.165, 1.54) is 0 Å². The first-order chi connectivity index (χ1) is 7.65. The van der Waals surface area contributed by atoms with Crippen LogP contribution in [0.15, 0.2) is 12.3 Å². The largest absolute Gasteiger partial charge is 0.352 e. The van der Waals surface area contributed by atoms with Crippen LogP contribution in [0.4, 0.5) is 0 Å². The highest BCUT2D eigenvalue weighted by atomic mass is 16.2. The van der Waals surface area contributed by atoms with Gasteiger partial charge in [0.15, 0.2) is 0 Å². The lowest BCUT2D eigenvalue weighted by Crippen LogP contribution is -2.42. The average Bonchev–Trinajstić information content (AvgIpc) is 2.96. The normalized spacial score (nSPS) is 17.1. The van der Waals surface area contributed by atoms with Crippen molar-refractivity contribution in [1.29, 1.82) is 0 Å². The Bertz CT molecular complexity index is 370. The first-order valence-electron chi connectivity index (χ1n) is 5.67. The van der Waals surface area contributed by atoms with E-state index in [4.69, 9.17) is 0 Å². The van der Waals surface area contributed by atoms with Crippen LogP contribution in [0, 0.1) is 0 Å². The monoisotopic (exact) mass is 222 g/mol. The number of hydrogen-bond acceptors (Lipinski definition) is 3. The number of amides is 1. The van der Waals surface area contributed by atoms with Crippen molar-refractivity contribution < 1.29 is 4.79 Å². The van der Waals surface area contributed by atoms with Crippen LogP contribution in [-0.4, -0.2) is 27.8 Å². The second-order valence-corrected chi connectivity index (χ2v) is 4.37. The number of nitrogens with one attached hydrogen (secondary N) is 2. The number of hydrogen-bond donors (Lipinski definition) is 2. The molecule has 1 atom stereocenters. The summed E-state index contributed by atoms with van der Waals surface area (Å²) in [4.78, 5) is 11.6. The van der Waals surface area contributed by atoms with Crippen molar-refractivity contribution in [1.82, 2.24) is 20.4 Å². The van der Waals surface area contributed by atoms with E-state index in [1.54, 1.807) is 4.68 Å². The smallest absolute Gasteiger partial charge is 0.237 e. The molecule has 1 aliphatic carbocycles. The molecule has 16 heavy (non-hydrogen) atoms. The van der Waals surface area contributed by atoms with Gasteiger partial charge >= 0.3 is 0 Å². The number of aromatic nitrogens is 2. The third kappa shape index (κ3) is 3.06. The summed E-state index contributed by atoms with van der Waals surface area (Å²) in [6.45, 7) is 2.50. The molecule has 2 N–H and O–H groups in total. The van der Waals surface area contributed by atoms with Crippen molar-refractivity contribution in [3.05, 3.63) is 18.0 Å². The van der Waals surface area contributed by atoms with Crippen LogP contribution >= 0.6 is 0 Å². The Kier molecular flexibility index (Phi) is 3.24. The minimum absolute atomic E-state index is 0.0819. The molecule has 1 heterocycles. The zero-order valence-electron chi connectivity index (χ0n) is 9.73. The van der Waals surface area contributed by atoms with E-state index < -0.39 is 0 Å². The summed E-state index contributed by atoms with van der Waals surface area (Å²) < 4.78 is 1.76. The Balaban J connectivity index is 1.73. The number of rotatable bonds is 5. The zero-order valence-corrected chi connectivity index (χ0v) is 9.73. The second kappa shape index (κ2) is 4.65. The molecule has 0 aromatic carbocycles. The van der Waals surface area contributed by atoms with Gasteiger partial charge in [-0.25, -0.2) is 0 Å². The van der Waals surface area contributed by atoms with Gasteiger partial charge in [-0.2, -0.15) is 5.10 Å². The predicted octanol–water partition coefficient (Wildman–Crippen LogP) is 0.177. The highest BCUT2D eigenvalue weighted by Gasteiger charge is 2.25. The van der Waals surface area contributed by atoms with Crippen molar-refractivity contribution in [2.75, 3.05) is 0 Å². The highest BCUT2D eigenvalue weighted by molar-refractivity contribution is 5.81. The van der Waals surface area contributed by atoms with E-state index >= 15 is 0 Å². The summed E-state index contributed by atoms with van der Waals surface area (Å²) in [5, 5.41) is 10.4. The molecule has 1 saturated carbocycles. The summed E-state index contributed by atoms with van der Waals surface area (Å²) >= 11 is 0. The van der Waals surface area contributed by atoms with Crippen LogP contribution in [0.2, 0.25) is 0 Å². The Morgan fingerprint density at radius 1 is 1.69 bits per heavy atom. The number of carbonyl (C=O) groups is 1. The van der Waals surface area contributed by atoms with Crippen molar-refractivity contribution in [2.24, 2.45) is 7.05 Å². The molecule has 0 bridgehead atoms. The standard InChI is InChI=1S/C11H18N4O/c1-8(11(16)13-9-3-4-9)12-7-10-5-6-15(2)14-10/h5-6,8-9,12H,3-4,7H2,1-2H3,(H,13,16). The molecular formula is C11H18N4O. The second-order valence-electron chi connectivity index (χ2n) is 4.37. The number of carbonyl (C=O) groups excluding carboxylic acids is 1.